The topological polar surface area (TPSA) is 44.2 Å². The van der Waals surface area contributed by atoms with Crippen molar-refractivity contribution in [2.75, 3.05) is 19.6 Å². The molecule has 3 aromatic heterocycles. The zero-order chi connectivity index (χ0) is 86.2. The monoisotopic (exact) mass is 1530 g/mol. The molecule has 0 saturated carbocycles. The summed E-state index contributed by atoms with van der Waals surface area (Å²) < 4.78 is 93.0. The first-order chi connectivity index (χ1) is 61.7. The zero-order valence-corrected chi connectivity index (χ0v) is 66.3. The number of para-hydroxylation sites is 9. The minimum absolute atomic E-state index is 0.00612. The molecule has 0 unspecified atom stereocenters. The Hall–Kier alpha value is -14.5. The minimum atomic E-state index is -0.627. The molecule has 0 aliphatic carbocycles. The van der Waals surface area contributed by atoms with Gasteiger partial charge in [0.25, 0.3) is 13.4 Å². The third-order valence-electron chi connectivity index (χ3n) is 25.3. The summed E-state index contributed by atoms with van der Waals surface area (Å²) in [5.41, 5.74) is 29.9. The average molecular weight is 1530 g/mol. The van der Waals surface area contributed by atoms with E-state index in [1.807, 2.05) is 30.3 Å². The summed E-state index contributed by atoms with van der Waals surface area (Å²) in [6.07, 6.45) is 0. The Kier molecular flexibility index (Phi) is 13.3. The number of hydrogen-bond acceptors (Lipinski definition) is 6. The molecular weight excluding hydrogens is 1440 g/mol. The first-order valence-electron chi connectivity index (χ1n) is 45.0. The maximum atomic E-state index is 10.0. The van der Waals surface area contributed by atoms with Gasteiger partial charge in [-0.05, 0) is 162 Å². The van der Waals surface area contributed by atoms with E-state index < -0.39 is 60.5 Å². The number of rotatable bonds is 9. The summed E-state index contributed by atoms with van der Waals surface area (Å²) in [5, 5.41) is 3.99. The van der Waals surface area contributed by atoms with E-state index in [1.165, 1.54) is 0 Å². The third-order valence-corrected chi connectivity index (χ3v) is 25.3. The Morgan fingerprint density at radius 2 is 0.622 bits per heavy atom. The molecule has 7 heterocycles. The van der Waals surface area contributed by atoms with Crippen LogP contribution in [0.2, 0.25) is 0 Å². The van der Waals surface area contributed by atoms with E-state index in [4.69, 9.17) is 8.83 Å². The van der Waals surface area contributed by atoms with Gasteiger partial charge in [-0.1, -0.05) is 327 Å². The van der Waals surface area contributed by atoms with Crippen molar-refractivity contribution in [2.45, 2.75) is 52.4 Å². The lowest BCUT2D eigenvalue weighted by Gasteiger charge is -2.48. The van der Waals surface area contributed by atoms with Crippen molar-refractivity contribution < 1.29 is 19.8 Å². The van der Waals surface area contributed by atoms with Crippen LogP contribution in [0.5, 0.6) is 0 Å². The predicted octanol–water partition coefficient (Wildman–Crippen LogP) is 26.0. The molecule has 17 aromatic carbocycles. The molecule has 0 amide bonds. The molecule has 0 N–H and O–H groups in total. The smallest absolute Gasteiger partial charge is 0.252 e. The van der Waals surface area contributed by atoms with Crippen molar-refractivity contribution >= 4 is 180 Å². The second-order valence-electron chi connectivity index (χ2n) is 34.0. The van der Waals surface area contributed by atoms with E-state index in [-0.39, 0.29) is 33.9 Å². The fourth-order valence-corrected chi connectivity index (χ4v) is 19.9. The van der Waals surface area contributed by atoms with E-state index in [1.54, 1.807) is 4.57 Å². The molecule has 119 heavy (non-hydrogen) atoms. The van der Waals surface area contributed by atoms with Crippen LogP contribution in [0, 0.1) is 0 Å². The molecule has 0 saturated heterocycles. The maximum Gasteiger partial charge on any atom is 0.252 e. The van der Waals surface area contributed by atoms with Crippen molar-refractivity contribution in [1.82, 2.24) is 4.57 Å². The second kappa shape index (κ2) is 26.0. The number of anilines is 12. The van der Waals surface area contributed by atoms with Gasteiger partial charge >= 0.3 is 0 Å². The van der Waals surface area contributed by atoms with E-state index in [9.17, 15) is 11.0 Å². The molecule has 7 nitrogen and oxygen atoms in total. The summed E-state index contributed by atoms with van der Waals surface area (Å²) in [6.45, 7) is 12.7. The largest absolute Gasteiger partial charge is 0.454 e. The zero-order valence-electron chi connectivity index (χ0n) is 74.3. The quantitative estimate of drug-likeness (QED) is 0.134. The van der Waals surface area contributed by atoms with E-state index >= 15 is 0 Å². The number of nitrogens with zero attached hydrogens (tertiary/aromatic N) is 5. The van der Waals surface area contributed by atoms with Crippen molar-refractivity contribution in [3.8, 4) is 50.2 Å². The predicted molar refractivity (Wildman–Crippen MR) is 503 cm³/mol. The molecule has 4 aliphatic heterocycles. The Morgan fingerprint density at radius 1 is 0.269 bits per heavy atom. The van der Waals surface area contributed by atoms with Gasteiger partial charge in [0.15, 0.2) is 11.2 Å². The lowest BCUT2D eigenvalue weighted by Crippen LogP contribution is -2.65. The van der Waals surface area contributed by atoms with Crippen LogP contribution in [-0.2, 0) is 10.8 Å². The number of benzene rings is 17. The summed E-state index contributed by atoms with van der Waals surface area (Å²) in [7, 11) is 0. The van der Waals surface area contributed by atoms with Gasteiger partial charge in [-0.2, -0.15) is 0 Å². The van der Waals surface area contributed by atoms with Crippen molar-refractivity contribution in [1.29, 1.82) is 0 Å². The highest BCUT2D eigenvalue weighted by atomic mass is 16.3. The van der Waals surface area contributed by atoms with Crippen LogP contribution in [0.1, 0.15) is 63.6 Å². The average Bonchev–Trinajstić information content (AvgIpc) is 0.897. The standard InChI is InChI=1S/C110H79B2N5O2/c1-109(2,3)72-61-97-103-100(64-72)117(106-77(70-37-15-9-16-38-70)47-30-48-78(106)71-39-17-10-18-40-71)96-67-95-87(66-88(96)111(103)85-51-23-26-54-91(85)114(97)92-55-31-49-83-81-43-21-27-57-101(81)118-107(83)92)112-86-60-59-74(113-89-52-24-19-41-79(89)80-42-20-25-53-90(80)113)65-94(86)116(105-75(68-33-11-7-12-34-68)45-29-46-76(105)69-35-13-8-14-36-69)99-63-73(110(4,5)6)62-98(104(99)112)115(95)93-56-32-50-84-82-44-22-28-58-102(82)119-108(84)93/h7-67H,1-6H3/i19D,20D,24D,25D,41D,42D,52D,53D. The van der Waals surface area contributed by atoms with Crippen LogP contribution in [0.15, 0.2) is 379 Å². The fourth-order valence-electron chi connectivity index (χ4n) is 19.9. The fraction of sp³-hybridized carbons (Fsp3) is 0.0727. The highest BCUT2D eigenvalue weighted by molar-refractivity contribution is 7.03. The summed E-state index contributed by atoms with van der Waals surface area (Å²) >= 11 is 0. The molecule has 20 aromatic rings. The number of aromatic nitrogens is 1. The molecule has 562 valence electrons. The molecule has 4 aliphatic rings. The molecule has 24 rings (SSSR count). The Balaban J connectivity index is 0.893. The number of hydrogen-bond donors (Lipinski definition) is 0. The van der Waals surface area contributed by atoms with Crippen LogP contribution >= 0.6 is 0 Å². The van der Waals surface area contributed by atoms with Crippen LogP contribution < -0.4 is 52.4 Å². The van der Waals surface area contributed by atoms with E-state index in [0.29, 0.717) is 11.3 Å². The maximum absolute atomic E-state index is 10.0. The first kappa shape index (κ1) is 60.9. The minimum Gasteiger partial charge on any atom is -0.454 e. The third kappa shape index (κ3) is 10.3. The molecule has 0 bridgehead atoms. The van der Waals surface area contributed by atoms with Gasteiger partial charge in [0.05, 0.1) is 44.7 Å². The van der Waals surface area contributed by atoms with Gasteiger partial charge < -0.3 is 33.0 Å². The lowest BCUT2D eigenvalue weighted by atomic mass is 9.30. The highest BCUT2D eigenvalue weighted by Gasteiger charge is 2.51. The SMILES string of the molecule is [2H]c1c([2H])c([2H])c2c(c1[2H])c1c([2H])c([2H])c([2H])c([2H])c1n2-c1ccc2c(c1)N(c1c(-c3ccccc3)cccc1-c1ccccc1)c1cc(C(C)(C)C)cc3c1B2c1cc2c(cc1N3c1cccc3c1oc1ccccc13)N(c1c(-c3ccccc3)cccc1-c1ccccc1)c1cc(C(C)(C)C)cc3c1B2c1ccccc1N3c1cccc2c1oc1ccccc12. The number of furan rings is 2. The van der Waals surface area contributed by atoms with Crippen LogP contribution in [0.3, 0.4) is 0 Å². The Morgan fingerprint density at radius 3 is 1.08 bits per heavy atom. The summed E-state index contributed by atoms with van der Waals surface area (Å²) in [5.74, 6) is 0. The summed E-state index contributed by atoms with van der Waals surface area (Å²) in [4.78, 5) is 10.0. The highest BCUT2D eigenvalue weighted by Crippen LogP contribution is 2.57. The Bertz CT molecular complexity index is 7950. The Labute approximate surface area is 703 Å². The van der Waals surface area contributed by atoms with Crippen LogP contribution in [0.4, 0.5) is 68.2 Å². The first-order valence-corrected chi connectivity index (χ1v) is 41.0. The molecule has 0 radical (unpaired) electrons. The van der Waals surface area contributed by atoms with Crippen molar-refractivity contribution in [3.63, 3.8) is 0 Å². The van der Waals surface area contributed by atoms with Crippen LogP contribution in [-0.4, -0.2) is 18.0 Å². The van der Waals surface area contributed by atoms with Crippen molar-refractivity contribution in [2.24, 2.45) is 0 Å². The van der Waals surface area contributed by atoms with E-state index in [2.05, 4.69) is 352 Å². The van der Waals surface area contributed by atoms with Gasteiger partial charge in [0, 0.05) is 106 Å². The normalized spacial score (nSPS) is 14.3. The molecule has 0 spiro atoms. The van der Waals surface area contributed by atoms with Gasteiger partial charge in [-0.25, -0.2) is 0 Å². The van der Waals surface area contributed by atoms with Gasteiger partial charge in [-0.15, -0.1) is 0 Å². The van der Waals surface area contributed by atoms with Gasteiger partial charge in [-0.3, -0.25) is 0 Å². The molecular formula is C110H79B2N5O2. The molecule has 9 heteroatoms. The molecule has 0 atom stereocenters. The lowest BCUT2D eigenvalue weighted by molar-refractivity contribution is 0.590. The van der Waals surface area contributed by atoms with E-state index in [0.717, 1.165) is 195 Å². The van der Waals surface area contributed by atoms with Gasteiger partial charge in [0.1, 0.15) is 11.2 Å². The number of fused-ring (bicyclic) bond motifs is 17. The van der Waals surface area contributed by atoms with Crippen LogP contribution in [0.25, 0.3) is 116 Å². The molecule has 0 fully saturated rings. The van der Waals surface area contributed by atoms with Gasteiger partial charge in [0.2, 0.25) is 0 Å². The van der Waals surface area contributed by atoms with Crippen molar-refractivity contribution in [3.05, 3.63) is 381 Å². The summed E-state index contributed by atoms with van der Waals surface area (Å²) in [6, 6.07) is 112. The second-order valence-corrected chi connectivity index (χ2v) is 34.0.